The van der Waals surface area contributed by atoms with Gasteiger partial charge in [0, 0.05) is 39.6 Å². The lowest BCUT2D eigenvalue weighted by molar-refractivity contribution is 0.0162. The van der Waals surface area contributed by atoms with Gasteiger partial charge < -0.3 is 14.7 Å². The smallest absolute Gasteiger partial charge is 0.140 e. The molecule has 2 aromatic heterocycles. The number of aliphatic hydroxyl groups is 1. The maximum atomic E-state index is 10.4. The number of morpholine rings is 1. The van der Waals surface area contributed by atoms with Crippen molar-refractivity contribution in [1.29, 1.82) is 0 Å². The Morgan fingerprint density at radius 1 is 1.39 bits per heavy atom. The van der Waals surface area contributed by atoms with E-state index in [4.69, 9.17) is 4.74 Å². The van der Waals surface area contributed by atoms with E-state index in [1.165, 1.54) is 0 Å². The molecule has 1 unspecified atom stereocenters. The average Bonchev–Trinajstić information content (AvgIpc) is 3.02. The molecule has 6 nitrogen and oxygen atoms in total. The Hall–Kier alpha value is -1.28. The predicted octanol–water partition coefficient (Wildman–Crippen LogP) is 1.38. The van der Waals surface area contributed by atoms with Crippen LogP contribution in [0.5, 0.6) is 0 Å². The summed E-state index contributed by atoms with van der Waals surface area (Å²) in [5, 5.41) is 13.5. The van der Waals surface area contributed by atoms with Crippen LogP contribution in [0.3, 0.4) is 0 Å². The molecule has 126 valence electrons. The maximum Gasteiger partial charge on any atom is 0.140 e. The second-order valence-electron chi connectivity index (χ2n) is 5.90. The van der Waals surface area contributed by atoms with Crippen LogP contribution in [0.25, 0.3) is 10.2 Å². The van der Waals surface area contributed by atoms with Crippen molar-refractivity contribution >= 4 is 27.4 Å². The van der Waals surface area contributed by atoms with Gasteiger partial charge in [0.15, 0.2) is 0 Å². The number of aliphatic hydroxyl groups excluding tert-OH is 1. The summed E-state index contributed by atoms with van der Waals surface area (Å²) in [5.74, 6) is 1.76. The quantitative estimate of drug-likeness (QED) is 0.860. The topological polar surface area (TPSA) is 61.7 Å². The molecule has 2 aromatic rings. The van der Waals surface area contributed by atoms with E-state index in [1.807, 2.05) is 17.3 Å². The molecule has 0 amide bonds. The molecule has 3 rings (SSSR count). The molecule has 1 fully saturated rings. The molecule has 23 heavy (non-hydrogen) atoms. The van der Waals surface area contributed by atoms with Crippen molar-refractivity contribution in [3.8, 4) is 0 Å². The highest BCUT2D eigenvalue weighted by atomic mass is 32.1. The third-order valence-electron chi connectivity index (χ3n) is 4.09. The van der Waals surface area contributed by atoms with Crippen molar-refractivity contribution in [1.82, 2.24) is 14.9 Å². The number of rotatable bonds is 6. The van der Waals surface area contributed by atoms with Gasteiger partial charge in [0.05, 0.1) is 24.7 Å². The van der Waals surface area contributed by atoms with Crippen LogP contribution in [-0.2, 0) is 11.2 Å². The number of nitrogens with zero attached hydrogens (tertiary/aromatic N) is 4. The van der Waals surface area contributed by atoms with Gasteiger partial charge in [-0.2, -0.15) is 0 Å². The van der Waals surface area contributed by atoms with Crippen molar-refractivity contribution in [2.45, 2.75) is 19.4 Å². The molecule has 1 aliphatic heterocycles. The number of thiophene rings is 1. The fraction of sp³-hybridized carbons (Fsp3) is 0.625. The maximum absolute atomic E-state index is 10.4. The summed E-state index contributed by atoms with van der Waals surface area (Å²) in [6, 6.07) is 2.06. The number of likely N-dealkylation sites (N-methyl/N-ethyl adjacent to an activating group) is 1. The molecule has 1 atom stereocenters. The Kier molecular flexibility index (Phi) is 5.42. The molecule has 0 bridgehead atoms. The molecule has 1 aliphatic rings. The zero-order valence-corrected chi connectivity index (χ0v) is 14.6. The van der Waals surface area contributed by atoms with Crippen LogP contribution in [-0.4, -0.2) is 72.5 Å². The first-order valence-electron chi connectivity index (χ1n) is 8.10. The highest BCUT2D eigenvalue weighted by Gasteiger charge is 2.18. The summed E-state index contributed by atoms with van der Waals surface area (Å²) in [4.78, 5) is 14.5. The number of ether oxygens (including phenoxy) is 1. The molecule has 3 heterocycles. The van der Waals surface area contributed by atoms with Gasteiger partial charge in [0.25, 0.3) is 0 Å². The molecule has 1 N–H and O–H groups in total. The van der Waals surface area contributed by atoms with E-state index in [1.54, 1.807) is 11.3 Å². The highest BCUT2D eigenvalue weighted by molar-refractivity contribution is 7.16. The number of aromatic nitrogens is 2. The SMILES string of the molecule is CCc1nc(N(C)CC(O)CN2CCOCC2)c2ccsc2n1. The second-order valence-corrected chi connectivity index (χ2v) is 6.80. The highest BCUT2D eigenvalue weighted by Crippen LogP contribution is 2.27. The molecule has 1 saturated heterocycles. The summed E-state index contributed by atoms with van der Waals surface area (Å²) in [6.45, 7) is 6.58. The van der Waals surface area contributed by atoms with Crippen molar-refractivity contribution in [2.24, 2.45) is 0 Å². The minimum Gasteiger partial charge on any atom is -0.390 e. The van der Waals surface area contributed by atoms with E-state index in [0.29, 0.717) is 13.1 Å². The third kappa shape index (κ3) is 3.98. The predicted molar refractivity (Wildman–Crippen MR) is 93.3 cm³/mol. The summed E-state index contributed by atoms with van der Waals surface area (Å²) < 4.78 is 5.35. The van der Waals surface area contributed by atoms with Crippen LogP contribution in [0.15, 0.2) is 11.4 Å². The second kappa shape index (κ2) is 7.53. The van der Waals surface area contributed by atoms with Gasteiger partial charge in [0.2, 0.25) is 0 Å². The van der Waals surface area contributed by atoms with Crippen molar-refractivity contribution in [2.75, 3.05) is 51.3 Å². The molecule has 0 spiro atoms. The Bertz CT molecular complexity index is 642. The summed E-state index contributed by atoms with van der Waals surface area (Å²) in [5.41, 5.74) is 0. The summed E-state index contributed by atoms with van der Waals surface area (Å²) in [6.07, 6.45) is 0.400. The standard InChI is InChI=1S/C16H24N4O2S/c1-3-14-17-15(13-4-9-23-16(13)18-14)19(2)10-12(21)11-20-5-7-22-8-6-20/h4,9,12,21H,3,5-8,10-11H2,1-2H3. The van der Waals surface area contributed by atoms with Crippen molar-refractivity contribution < 1.29 is 9.84 Å². The number of aryl methyl sites for hydroxylation is 1. The summed E-state index contributed by atoms with van der Waals surface area (Å²) in [7, 11) is 1.99. The Labute approximate surface area is 140 Å². The van der Waals surface area contributed by atoms with Crippen LogP contribution in [0.1, 0.15) is 12.7 Å². The van der Waals surface area contributed by atoms with Gasteiger partial charge in [-0.05, 0) is 11.4 Å². The summed E-state index contributed by atoms with van der Waals surface area (Å²) >= 11 is 1.63. The van der Waals surface area contributed by atoms with E-state index in [2.05, 4.69) is 27.9 Å². The van der Waals surface area contributed by atoms with Gasteiger partial charge in [-0.25, -0.2) is 9.97 Å². The lowest BCUT2D eigenvalue weighted by Crippen LogP contribution is -2.44. The van der Waals surface area contributed by atoms with Gasteiger partial charge in [-0.1, -0.05) is 6.92 Å². The van der Waals surface area contributed by atoms with Gasteiger partial charge >= 0.3 is 0 Å². The number of fused-ring (bicyclic) bond motifs is 1. The van der Waals surface area contributed by atoms with Crippen LogP contribution >= 0.6 is 11.3 Å². The molecular formula is C16H24N4O2S. The Balaban J connectivity index is 1.69. The van der Waals surface area contributed by atoms with E-state index in [0.717, 1.165) is 54.6 Å². The fourth-order valence-corrected chi connectivity index (χ4v) is 3.65. The zero-order valence-electron chi connectivity index (χ0n) is 13.7. The first kappa shape index (κ1) is 16.6. The van der Waals surface area contributed by atoms with Crippen LogP contribution in [0, 0.1) is 0 Å². The van der Waals surface area contributed by atoms with Gasteiger partial charge in [0.1, 0.15) is 16.5 Å². The molecule has 0 aromatic carbocycles. The van der Waals surface area contributed by atoms with E-state index in [9.17, 15) is 5.11 Å². The van der Waals surface area contributed by atoms with E-state index < -0.39 is 6.10 Å². The first-order valence-corrected chi connectivity index (χ1v) is 8.98. The van der Waals surface area contributed by atoms with Gasteiger partial charge in [-0.3, -0.25) is 4.90 Å². The lowest BCUT2D eigenvalue weighted by atomic mass is 10.2. The third-order valence-corrected chi connectivity index (χ3v) is 4.89. The number of hydrogen-bond donors (Lipinski definition) is 1. The monoisotopic (exact) mass is 336 g/mol. The first-order chi connectivity index (χ1) is 11.2. The lowest BCUT2D eigenvalue weighted by Gasteiger charge is -2.30. The fourth-order valence-electron chi connectivity index (χ4n) is 2.87. The van der Waals surface area contributed by atoms with E-state index in [-0.39, 0.29) is 0 Å². The molecule has 0 saturated carbocycles. The number of β-amino-alcohol motifs (C(OH)–C–C–N with tert-alkyl or cyclic N) is 1. The van der Waals surface area contributed by atoms with Crippen LogP contribution in [0.2, 0.25) is 0 Å². The average molecular weight is 336 g/mol. The minimum atomic E-state index is -0.410. The van der Waals surface area contributed by atoms with Crippen molar-refractivity contribution in [3.63, 3.8) is 0 Å². The zero-order chi connectivity index (χ0) is 16.2. The molecular weight excluding hydrogens is 312 g/mol. The van der Waals surface area contributed by atoms with Gasteiger partial charge in [-0.15, -0.1) is 11.3 Å². The van der Waals surface area contributed by atoms with Crippen LogP contribution < -0.4 is 4.90 Å². The Morgan fingerprint density at radius 2 is 2.17 bits per heavy atom. The Morgan fingerprint density at radius 3 is 2.91 bits per heavy atom. The number of hydrogen-bond acceptors (Lipinski definition) is 7. The van der Waals surface area contributed by atoms with Crippen molar-refractivity contribution in [3.05, 3.63) is 17.3 Å². The largest absolute Gasteiger partial charge is 0.390 e. The molecule has 0 aliphatic carbocycles. The molecule has 7 heteroatoms. The van der Waals surface area contributed by atoms with Crippen LogP contribution in [0.4, 0.5) is 5.82 Å². The molecule has 0 radical (unpaired) electrons. The number of anilines is 1. The normalized spacial score (nSPS) is 17.5. The van der Waals surface area contributed by atoms with E-state index >= 15 is 0 Å². The minimum absolute atomic E-state index is 0.410.